The summed E-state index contributed by atoms with van der Waals surface area (Å²) in [7, 11) is 3.16. The normalized spacial score (nSPS) is 16.1. The molecule has 2 rings (SSSR count). The monoisotopic (exact) mass is 316 g/mol. The molecule has 1 amide bonds. The largest absolute Gasteiger partial charge is 0.493 e. The van der Waals surface area contributed by atoms with E-state index in [0.717, 1.165) is 44.3 Å². The first-order valence-electron chi connectivity index (χ1n) is 8.09. The van der Waals surface area contributed by atoms with Crippen molar-refractivity contribution >= 4 is 5.91 Å². The molecule has 1 fully saturated rings. The van der Waals surface area contributed by atoms with Gasteiger partial charge in [0.25, 0.3) is 0 Å². The molecule has 23 heavy (non-hydrogen) atoms. The van der Waals surface area contributed by atoms with Gasteiger partial charge in [-0.2, -0.15) is 5.26 Å². The molecule has 0 spiro atoms. The Morgan fingerprint density at radius 1 is 1.17 bits per heavy atom. The number of hydrogen-bond donors (Lipinski definition) is 0. The number of carbonyl (C=O) groups excluding carboxylic acids is 1. The summed E-state index contributed by atoms with van der Waals surface area (Å²) in [5.41, 5.74) is 0.900. The second-order valence-corrected chi connectivity index (χ2v) is 5.81. The fourth-order valence-electron chi connectivity index (χ4n) is 2.94. The Bertz CT molecular complexity index is 572. The van der Waals surface area contributed by atoms with Gasteiger partial charge in [0, 0.05) is 13.1 Å². The molecule has 124 valence electrons. The molecule has 1 aliphatic heterocycles. The lowest BCUT2D eigenvalue weighted by Crippen LogP contribution is -2.37. The number of nitriles is 1. The third kappa shape index (κ3) is 4.38. The molecule has 5 heteroatoms. The van der Waals surface area contributed by atoms with Gasteiger partial charge in [-0.3, -0.25) is 4.79 Å². The van der Waals surface area contributed by atoms with Crippen LogP contribution < -0.4 is 9.47 Å². The van der Waals surface area contributed by atoms with E-state index in [4.69, 9.17) is 9.47 Å². The van der Waals surface area contributed by atoms with E-state index in [1.807, 2.05) is 17.0 Å². The molecule has 0 N–H and O–H groups in total. The Balaban J connectivity index is 2.09. The van der Waals surface area contributed by atoms with Crippen molar-refractivity contribution in [2.45, 2.75) is 32.1 Å². The van der Waals surface area contributed by atoms with E-state index < -0.39 is 5.92 Å². The minimum Gasteiger partial charge on any atom is -0.493 e. The maximum atomic E-state index is 12.6. The van der Waals surface area contributed by atoms with Crippen LogP contribution in [0.4, 0.5) is 0 Å². The molecular formula is C18H24N2O3. The van der Waals surface area contributed by atoms with Crippen molar-refractivity contribution in [1.29, 1.82) is 5.26 Å². The molecule has 0 bridgehead atoms. The summed E-state index contributed by atoms with van der Waals surface area (Å²) in [4.78, 5) is 14.5. The standard InChI is InChI=1S/C18H24N2O3/c1-22-16-8-7-14(12-17(16)23-2)11-15(13-19)18(21)20-9-5-3-4-6-10-20/h7-8,12,15H,3-6,9-11H2,1-2H3. The highest BCUT2D eigenvalue weighted by Gasteiger charge is 2.25. The van der Waals surface area contributed by atoms with Gasteiger partial charge in [-0.15, -0.1) is 0 Å². The van der Waals surface area contributed by atoms with Crippen molar-refractivity contribution in [3.63, 3.8) is 0 Å². The van der Waals surface area contributed by atoms with Crippen molar-refractivity contribution in [3.05, 3.63) is 23.8 Å². The number of hydrogen-bond acceptors (Lipinski definition) is 4. The second-order valence-electron chi connectivity index (χ2n) is 5.81. The number of ether oxygens (including phenoxy) is 2. The Labute approximate surface area is 137 Å². The fraction of sp³-hybridized carbons (Fsp3) is 0.556. The lowest BCUT2D eigenvalue weighted by atomic mass is 9.98. The summed E-state index contributed by atoms with van der Waals surface area (Å²) in [6, 6.07) is 7.68. The SMILES string of the molecule is COc1ccc(CC(C#N)C(=O)N2CCCCCC2)cc1OC. The number of nitrogens with zero attached hydrogens (tertiary/aromatic N) is 2. The van der Waals surface area contributed by atoms with Crippen LogP contribution in [0, 0.1) is 17.2 Å². The van der Waals surface area contributed by atoms with Crippen molar-refractivity contribution in [2.24, 2.45) is 5.92 Å². The molecule has 0 radical (unpaired) electrons. The lowest BCUT2D eigenvalue weighted by molar-refractivity contribution is -0.133. The van der Waals surface area contributed by atoms with Gasteiger partial charge in [0.2, 0.25) is 5.91 Å². The van der Waals surface area contributed by atoms with E-state index in [-0.39, 0.29) is 5.91 Å². The van der Waals surface area contributed by atoms with Crippen LogP contribution >= 0.6 is 0 Å². The molecule has 5 nitrogen and oxygen atoms in total. The average Bonchev–Trinajstić information content (AvgIpc) is 2.88. The minimum atomic E-state index is -0.647. The zero-order valence-electron chi connectivity index (χ0n) is 13.9. The third-order valence-corrected chi connectivity index (χ3v) is 4.26. The van der Waals surface area contributed by atoms with E-state index in [0.29, 0.717) is 17.9 Å². The molecule has 1 unspecified atom stereocenters. The predicted octanol–water partition coefficient (Wildman–Crippen LogP) is 2.79. The van der Waals surface area contributed by atoms with Gasteiger partial charge in [0.15, 0.2) is 11.5 Å². The molecular weight excluding hydrogens is 292 g/mol. The zero-order chi connectivity index (χ0) is 16.7. The summed E-state index contributed by atoms with van der Waals surface area (Å²) in [5.74, 6) is 0.558. The summed E-state index contributed by atoms with van der Waals surface area (Å²) in [5, 5.41) is 9.43. The minimum absolute atomic E-state index is 0.0517. The van der Waals surface area contributed by atoms with E-state index in [9.17, 15) is 10.1 Å². The smallest absolute Gasteiger partial charge is 0.240 e. The summed E-state index contributed by atoms with van der Waals surface area (Å²) in [6.07, 6.45) is 4.78. The first-order chi connectivity index (χ1) is 11.2. The molecule has 1 aliphatic rings. The molecule has 1 saturated heterocycles. The number of rotatable bonds is 5. The van der Waals surface area contributed by atoms with Crippen molar-refractivity contribution in [2.75, 3.05) is 27.3 Å². The number of methoxy groups -OCH3 is 2. The molecule has 1 atom stereocenters. The van der Waals surface area contributed by atoms with Gasteiger partial charge in [0.1, 0.15) is 5.92 Å². The summed E-state index contributed by atoms with van der Waals surface area (Å²) < 4.78 is 10.5. The predicted molar refractivity (Wildman–Crippen MR) is 87.4 cm³/mol. The van der Waals surface area contributed by atoms with Crippen LogP contribution in [-0.2, 0) is 11.2 Å². The second kappa shape index (κ2) is 8.42. The van der Waals surface area contributed by atoms with Crippen LogP contribution in [0.15, 0.2) is 18.2 Å². The quantitative estimate of drug-likeness (QED) is 0.838. The lowest BCUT2D eigenvalue weighted by Gasteiger charge is -2.23. The Morgan fingerprint density at radius 2 is 1.83 bits per heavy atom. The first-order valence-corrected chi connectivity index (χ1v) is 8.09. The van der Waals surface area contributed by atoms with Crippen molar-refractivity contribution < 1.29 is 14.3 Å². The number of carbonyl (C=O) groups is 1. The van der Waals surface area contributed by atoms with Gasteiger partial charge in [-0.1, -0.05) is 18.9 Å². The first kappa shape index (κ1) is 17.1. The third-order valence-electron chi connectivity index (χ3n) is 4.26. The maximum absolute atomic E-state index is 12.6. The molecule has 1 aromatic carbocycles. The van der Waals surface area contributed by atoms with E-state index in [1.54, 1.807) is 20.3 Å². The van der Waals surface area contributed by atoms with Crippen molar-refractivity contribution in [3.8, 4) is 17.6 Å². The van der Waals surface area contributed by atoms with Crippen LogP contribution in [0.1, 0.15) is 31.2 Å². The van der Waals surface area contributed by atoms with Gasteiger partial charge in [-0.25, -0.2) is 0 Å². The van der Waals surface area contributed by atoms with Gasteiger partial charge >= 0.3 is 0 Å². The molecule has 0 aromatic heterocycles. The summed E-state index contributed by atoms with van der Waals surface area (Å²) >= 11 is 0. The van der Waals surface area contributed by atoms with E-state index in [2.05, 4.69) is 6.07 Å². The van der Waals surface area contributed by atoms with Crippen LogP contribution in [0.5, 0.6) is 11.5 Å². The highest BCUT2D eigenvalue weighted by atomic mass is 16.5. The zero-order valence-corrected chi connectivity index (χ0v) is 13.9. The van der Waals surface area contributed by atoms with Crippen LogP contribution in [-0.4, -0.2) is 38.1 Å². The van der Waals surface area contributed by atoms with Crippen LogP contribution in [0.2, 0.25) is 0 Å². The molecule has 0 saturated carbocycles. The maximum Gasteiger partial charge on any atom is 0.240 e. The van der Waals surface area contributed by atoms with Gasteiger partial charge in [0.05, 0.1) is 20.3 Å². The Kier molecular flexibility index (Phi) is 6.28. The Hall–Kier alpha value is -2.22. The molecule has 0 aliphatic carbocycles. The van der Waals surface area contributed by atoms with E-state index >= 15 is 0 Å². The average molecular weight is 316 g/mol. The van der Waals surface area contributed by atoms with Crippen LogP contribution in [0.3, 0.4) is 0 Å². The molecule has 1 heterocycles. The number of likely N-dealkylation sites (tertiary alicyclic amines) is 1. The topological polar surface area (TPSA) is 62.6 Å². The van der Waals surface area contributed by atoms with Gasteiger partial charge in [-0.05, 0) is 37.0 Å². The highest BCUT2D eigenvalue weighted by Crippen LogP contribution is 2.28. The van der Waals surface area contributed by atoms with Gasteiger partial charge < -0.3 is 14.4 Å². The van der Waals surface area contributed by atoms with Crippen LogP contribution in [0.25, 0.3) is 0 Å². The number of amides is 1. The highest BCUT2D eigenvalue weighted by molar-refractivity contribution is 5.81. The van der Waals surface area contributed by atoms with Crippen molar-refractivity contribution in [1.82, 2.24) is 4.90 Å². The Morgan fingerprint density at radius 3 is 2.39 bits per heavy atom. The molecule has 1 aromatic rings. The van der Waals surface area contributed by atoms with E-state index in [1.165, 1.54) is 0 Å². The number of benzene rings is 1. The summed E-state index contributed by atoms with van der Waals surface area (Å²) in [6.45, 7) is 1.53. The fourth-order valence-corrected chi connectivity index (χ4v) is 2.94.